The minimum Gasteiger partial charge on any atom is -0.372 e. The molecule has 2 aliphatic carbocycles. The molecule has 0 aromatic carbocycles. The van der Waals surface area contributed by atoms with Crippen LogP contribution in [0, 0.1) is 11.8 Å². The Morgan fingerprint density at radius 3 is 2.82 bits per heavy atom. The van der Waals surface area contributed by atoms with Gasteiger partial charge in [0.2, 0.25) is 0 Å². The topological polar surface area (TPSA) is 21.3 Å². The van der Waals surface area contributed by atoms with E-state index in [2.05, 4.69) is 12.2 Å². The molecule has 2 saturated carbocycles. The normalized spacial score (nSPS) is 43.6. The zero-order valence-electron chi connectivity index (χ0n) is 11.2. The van der Waals surface area contributed by atoms with E-state index in [1.54, 1.807) is 0 Å². The number of nitrogens with one attached hydrogen (secondary N) is 1. The van der Waals surface area contributed by atoms with Gasteiger partial charge in [-0.3, -0.25) is 0 Å². The molecule has 17 heavy (non-hydrogen) atoms. The lowest BCUT2D eigenvalue weighted by Crippen LogP contribution is -2.60. The van der Waals surface area contributed by atoms with Crippen LogP contribution in [-0.4, -0.2) is 24.8 Å². The van der Waals surface area contributed by atoms with Crippen molar-refractivity contribution in [1.29, 1.82) is 0 Å². The number of ether oxygens (including phenoxy) is 1. The smallest absolute Gasteiger partial charge is 0.0838 e. The highest BCUT2D eigenvalue weighted by atomic mass is 16.5. The van der Waals surface area contributed by atoms with Crippen LogP contribution >= 0.6 is 0 Å². The maximum absolute atomic E-state index is 6.30. The van der Waals surface area contributed by atoms with Gasteiger partial charge < -0.3 is 10.1 Å². The Hall–Kier alpha value is -0.0800. The van der Waals surface area contributed by atoms with Crippen LogP contribution in [0.5, 0.6) is 0 Å². The Bertz CT molecular complexity index is 260. The van der Waals surface area contributed by atoms with Gasteiger partial charge in [-0.1, -0.05) is 39.0 Å². The zero-order valence-corrected chi connectivity index (χ0v) is 11.2. The maximum atomic E-state index is 6.30. The summed E-state index contributed by atoms with van der Waals surface area (Å²) in [6, 6.07) is 0.643. The fraction of sp³-hybridized carbons (Fsp3) is 1.00. The fourth-order valence-corrected chi connectivity index (χ4v) is 4.13. The van der Waals surface area contributed by atoms with Gasteiger partial charge in [-0.05, 0) is 31.1 Å². The third kappa shape index (κ3) is 2.39. The first-order valence-corrected chi connectivity index (χ1v) is 7.66. The molecular formula is C15H27NO. The molecule has 1 saturated heterocycles. The van der Waals surface area contributed by atoms with Gasteiger partial charge in [0.05, 0.1) is 12.2 Å². The van der Waals surface area contributed by atoms with Crippen molar-refractivity contribution in [2.75, 3.05) is 13.2 Å². The lowest BCUT2D eigenvalue weighted by Gasteiger charge is -2.50. The van der Waals surface area contributed by atoms with Crippen molar-refractivity contribution >= 4 is 0 Å². The predicted molar refractivity (Wildman–Crippen MR) is 70.1 cm³/mol. The van der Waals surface area contributed by atoms with Crippen molar-refractivity contribution in [3.63, 3.8) is 0 Å². The molecule has 1 spiro atoms. The molecule has 3 unspecified atom stereocenters. The van der Waals surface area contributed by atoms with Crippen molar-refractivity contribution in [1.82, 2.24) is 5.32 Å². The van der Waals surface area contributed by atoms with Crippen LogP contribution in [0.4, 0.5) is 0 Å². The zero-order chi connectivity index (χ0) is 11.7. The Balaban J connectivity index is 1.68. The minimum absolute atomic E-state index is 0.200. The van der Waals surface area contributed by atoms with Crippen LogP contribution in [0.2, 0.25) is 0 Å². The number of morpholine rings is 1. The summed E-state index contributed by atoms with van der Waals surface area (Å²) >= 11 is 0. The van der Waals surface area contributed by atoms with Gasteiger partial charge in [-0.15, -0.1) is 0 Å². The highest BCUT2D eigenvalue weighted by molar-refractivity contribution is 5.00. The summed E-state index contributed by atoms with van der Waals surface area (Å²) < 4.78 is 6.30. The van der Waals surface area contributed by atoms with Crippen LogP contribution in [0.3, 0.4) is 0 Å². The van der Waals surface area contributed by atoms with Gasteiger partial charge in [0, 0.05) is 12.6 Å². The van der Waals surface area contributed by atoms with E-state index in [9.17, 15) is 0 Å². The van der Waals surface area contributed by atoms with Crippen molar-refractivity contribution < 1.29 is 4.74 Å². The Labute approximate surface area is 105 Å². The van der Waals surface area contributed by atoms with E-state index < -0.39 is 0 Å². The summed E-state index contributed by atoms with van der Waals surface area (Å²) in [6.45, 7) is 4.39. The molecule has 2 nitrogen and oxygen atoms in total. The highest BCUT2D eigenvalue weighted by Crippen LogP contribution is 2.42. The number of hydrogen-bond donors (Lipinski definition) is 1. The van der Waals surface area contributed by atoms with Gasteiger partial charge in [0.1, 0.15) is 0 Å². The Kier molecular flexibility index (Phi) is 3.45. The van der Waals surface area contributed by atoms with Gasteiger partial charge in [-0.25, -0.2) is 0 Å². The largest absolute Gasteiger partial charge is 0.372 e. The summed E-state index contributed by atoms with van der Waals surface area (Å²) in [4.78, 5) is 0. The highest BCUT2D eigenvalue weighted by Gasteiger charge is 2.45. The molecule has 2 heteroatoms. The number of hydrogen-bond acceptors (Lipinski definition) is 2. The second-order valence-corrected chi connectivity index (χ2v) is 6.65. The SMILES string of the molecule is CC1CCCC2(C1)OCCNC2CC1CCC1. The van der Waals surface area contributed by atoms with E-state index in [1.165, 1.54) is 51.4 Å². The van der Waals surface area contributed by atoms with Crippen LogP contribution < -0.4 is 5.32 Å². The molecule has 1 N–H and O–H groups in total. The van der Waals surface area contributed by atoms with Crippen molar-refractivity contribution in [2.45, 2.75) is 69.9 Å². The van der Waals surface area contributed by atoms with Gasteiger partial charge >= 0.3 is 0 Å². The summed E-state index contributed by atoms with van der Waals surface area (Å²) in [6.07, 6.45) is 11.1. The summed E-state index contributed by atoms with van der Waals surface area (Å²) in [5, 5.41) is 3.77. The molecular weight excluding hydrogens is 210 g/mol. The van der Waals surface area contributed by atoms with Crippen LogP contribution in [0.25, 0.3) is 0 Å². The van der Waals surface area contributed by atoms with Gasteiger partial charge in [0.15, 0.2) is 0 Å². The summed E-state index contributed by atoms with van der Waals surface area (Å²) in [5.41, 5.74) is 0.200. The minimum atomic E-state index is 0.200. The molecule has 0 aromatic heterocycles. The third-order valence-electron chi connectivity index (χ3n) is 5.30. The monoisotopic (exact) mass is 237 g/mol. The lowest BCUT2D eigenvalue weighted by atomic mass is 9.69. The average Bonchev–Trinajstić information content (AvgIpc) is 2.25. The molecule has 3 fully saturated rings. The van der Waals surface area contributed by atoms with E-state index in [0.717, 1.165) is 25.0 Å². The molecule has 0 bridgehead atoms. The van der Waals surface area contributed by atoms with Crippen LogP contribution in [0.15, 0.2) is 0 Å². The lowest BCUT2D eigenvalue weighted by molar-refractivity contribution is -0.132. The van der Waals surface area contributed by atoms with E-state index in [1.807, 2.05) is 0 Å². The third-order valence-corrected chi connectivity index (χ3v) is 5.30. The molecule has 0 radical (unpaired) electrons. The molecule has 98 valence electrons. The van der Waals surface area contributed by atoms with Crippen LogP contribution in [-0.2, 0) is 4.74 Å². The second-order valence-electron chi connectivity index (χ2n) is 6.65. The molecule has 0 amide bonds. The molecule has 0 aromatic rings. The number of rotatable bonds is 2. The summed E-state index contributed by atoms with van der Waals surface area (Å²) in [7, 11) is 0. The van der Waals surface area contributed by atoms with Crippen molar-refractivity contribution in [3.8, 4) is 0 Å². The Morgan fingerprint density at radius 1 is 1.24 bits per heavy atom. The van der Waals surface area contributed by atoms with Gasteiger partial charge in [-0.2, -0.15) is 0 Å². The molecule has 1 aliphatic heterocycles. The molecule has 3 aliphatic rings. The fourth-order valence-electron chi connectivity index (χ4n) is 4.13. The summed E-state index contributed by atoms with van der Waals surface area (Å²) in [5.74, 6) is 1.84. The van der Waals surface area contributed by atoms with Gasteiger partial charge in [0.25, 0.3) is 0 Å². The van der Waals surface area contributed by atoms with Crippen molar-refractivity contribution in [3.05, 3.63) is 0 Å². The second kappa shape index (κ2) is 4.89. The standard InChI is InChI=1S/C15H27NO/c1-12-4-3-7-15(11-12)14(16-8-9-17-15)10-13-5-2-6-13/h12-14,16H,2-11H2,1H3. The van der Waals surface area contributed by atoms with E-state index >= 15 is 0 Å². The first kappa shape index (κ1) is 12.0. The quantitative estimate of drug-likeness (QED) is 0.797. The van der Waals surface area contributed by atoms with E-state index in [4.69, 9.17) is 4.74 Å². The van der Waals surface area contributed by atoms with Crippen LogP contribution in [0.1, 0.15) is 58.3 Å². The van der Waals surface area contributed by atoms with E-state index in [0.29, 0.717) is 6.04 Å². The first-order chi connectivity index (χ1) is 8.28. The average molecular weight is 237 g/mol. The molecule has 3 atom stereocenters. The van der Waals surface area contributed by atoms with E-state index in [-0.39, 0.29) is 5.60 Å². The predicted octanol–water partition coefficient (Wildman–Crippen LogP) is 3.11. The first-order valence-electron chi connectivity index (χ1n) is 7.66. The molecule has 3 rings (SSSR count). The molecule has 1 heterocycles. The maximum Gasteiger partial charge on any atom is 0.0838 e. The van der Waals surface area contributed by atoms with Crippen molar-refractivity contribution in [2.24, 2.45) is 11.8 Å². The Morgan fingerprint density at radius 2 is 2.12 bits per heavy atom.